The number of rotatable bonds is 1. The molecule has 2 rings (SSSR count). The average Bonchev–Trinajstić information content (AvgIpc) is 2.65. The molecule has 14 heavy (non-hydrogen) atoms. The molecule has 2 unspecified atom stereocenters. The third kappa shape index (κ3) is 1.72. The van der Waals surface area contributed by atoms with E-state index in [2.05, 4.69) is 10.2 Å². The van der Waals surface area contributed by atoms with Gasteiger partial charge in [0.05, 0.1) is 0 Å². The summed E-state index contributed by atoms with van der Waals surface area (Å²) in [5.41, 5.74) is 0. The molecule has 1 heterocycles. The number of hydrogen-bond donors (Lipinski definition) is 1. The van der Waals surface area contributed by atoms with Crippen LogP contribution in [0.4, 0.5) is 4.79 Å². The summed E-state index contributed by atoms with van der Waals surface area (Å²) in [7, 11) is 0. The van der Waals surface area contributed by atoms with Gasteiger partial charge < -0.3 is 10.2 Å². The molecule has 0 aromatic rings. The van der Waals surface area contributed by atoms with Crippen LogP contribution in [0.15, 0.2) is 0 Å². The van der Waals surface area contributed by atoms with Crippen molar-refractivity contribution in [3.05, 3.63) is 0 Å². The first-order valence-corrected chi connectivity index (χ1v) is 5.87. The van der Waals surface area contributed by atoms with Gasteiger partial charge in [0.1, 0.15) is 0 Å². The first-order valence-electron chi connectivity index (χ1n) is 5.87. The van der Waals surface area contributed by atoms with Crippen molar-refractivity contribution in [2.75, 3.05) is 13.1 Å². The zero-order valence-corrected chi connectivity index (χ0v) is 8.96. The van der Waals surface area contributed by atoms with Crippen LogP contribution in [0.25, 0.3) is 0 Å². The van der Waals surface area contributed by atoms with E-state index in [0.717, 1.165) is 19.0 Å². The summed E-state index contributed by atoms with van der Waals surface area (Å²) in [4.78, 5) is 13.8. The van der Waals surface area contributed by atoms with Crippen LogP contribution in [0.5, 0.6) is 0 Å². The van der Waals surface area contributed by atoms with Gasteiger partial charge in [-0.25, -0.2) is 4.79 Å². The summed E-state index contributed by atoms with van der Waals surface area (Å²) in [5.74, 6) is 0.798. The van der Waals surface area contributed by atoms with E-state index in [1.165, 1.54) is 32.1 Å². The molecule has 0 aromatic heterocycles. The predicted octanol–water partition coefficient (Wildman–Crippen LogP) is 1.98. The van der Waals surface area contributed by atoms with Crippen LogP contribution in [-0.2, 0) is 0 Å². The Morgan fingerprint density at radius 1 is 1.36 bits per heavy atom. The van der Waals surface area contributed by atoms with Crippen molar-refractivity contribution >= 4 is 6.03 Å². The first kappa shape index (κ1) is 9.81. The number of nitrogens with one attached hydrogen (secondary N) is 1. The molecule has 2 fully saturated rings. The SMILES string of the molecule is CCNC(=O)N1CCCC2CCCC21. The van der Waals surface area contributed by atoms with Gasteiger partial charge in [0, 0.05) is 19.1 Å². The third-order valence-electron chi connectivity index (χ3n) is 3.58. The van der Waals surface area contributed by atoms with E-state index < -0.39 is 0 Å². The monoisotopic (exact) mass is 196 g/mol. The minimum absolute atomic E-state index is 0.157. The number of carbonyl (C=O) groups is 1. The highest BCUT2D eigenvalue weighted by atomic mass is 16.2. The second-order valence-corrected chi connectivity index (χ2v) is 4.43. The minimum atomic E-state index is 0.157. The molecule has 2 amide bonds. The summed E-state index contributed by atoms with van der Waals surface area (Å²) in [6.45, 7) is 3.69. The predicted molar refractivity (Wildman–Crippen MR) is 56.1 cm³/mol. The summed E-state index contributed by atoms with van der Waals surface area (Å²) >= 11 is 0. The fourth-order valence-electron chi connectivity index (χ4n) is 2.96. The molecule has 0 aromatic carbocycles. The van der Waals surface area contributed by atoms with Gasteiger partial charge in [-0.1, -0.05) is 6.42 Å². The summed E-state index contributed by atoms with van der Waals surface area (Å²) in [6.07, 6.45) is 6.40. The summed E-state index contributed by atoms with van der Waals surface area (Å²) in [5, 5.41) is 2.91. The number of amides is 2. The van der Waals surface area contributed by atoms with Crippen LogP contribution in [0.1, 0.15) is 39.0 Å². The zero-order chi connectivity index (χ0) is 9.97. The van der Waals surface area contributed by atoms with Crippen LogP contribution >= 0.6 is 0 Å². The second kappa shape index (κ2) is 4.20. The number of nitrogens with zero attached hydrogens (tertiary/aromatic N) is 1. The molecule has 0 bridgehead atoms. The molecule has 2 aliphatic rings. The zero-order valence-electron chi connectivity index (χ0n) is 8.96. The number of piperidine rings is 1. The number of carbonyl (C=O) groups excluding carboxylic acids is 1. The van der Waals surface area contributed by atoms with Gasteiger partial charge in [-0.05, 0) is 38.5 Å². The van der Waals surface area contributed by atoms with Gasteiger partial charge in [0.15, 0.2) is 0 Å². The Balaban J connectivity index is 1.99. The lowest BCUT2D eigenvalue weighted by molar-refractivity contribution is 0.129. The van der Waals surface area contributed by atoms with Crippen LogP contribution in [0.3, 0.4) is 0 Å². The number of likely N-dealkylation sites (tertiary alicyclic amines) is 1. The highest BCUT2D eigenvalue weighted by molar-refractivity contribution is 5.74. The van der Waals surface area contributed by atoms with Crippen molar-refractivity contribution in [1.29, 1.82) is 0 Å². The Morgan fingerprint density at radius 2 is 2.14 bits per heavy atom. The summed E-state index contributed by atoms with van der Waals surface area (Å²) < 4.78 is 0. The molecule has 0 radical (unpaired) electrons. The van der Waals surface area contributed by atoms with Crippen molar-refractivity contribution < 1.29 is 4.79 Å². The van der Waals surface area contributed by atoms with Gasteiger partial charge >= 0.3 is 6.03 Å². The molecular formula is C11H20N2O. The molecule has 1 N–H and O–H groups in total. The van der Waals surface area contributed by atoms with Gasteiger partial charge in [-0.15, -0.1) is 0 Å². The average molecular weight is 196 g/mol. The fourth-order valence-corrected chi connectivity index (χ4v) is 2.96. The number of hydrogen-bond acceptors (Lipinski definition) is 1. The van der Waals surface area contributed by atoms with Crippen molar-refractivity contribution in [2.45, 2.75) is 45.1 Å². The lowest BCUT2D eigenvalue weighted by atomic mass is 9.92. The summed E-state index contributed by atoms with van der Waals surface area (Å²) in [6, 6.07) is 0.708. The molecule has 2 atom stereocenters. The van der Waals surface area contributed by atoms with E-state index in [1.807, 2.05) is 6.92 Å². The molecule has 3 nitrogen and oxygen atoms in total. The number of urea groups is 1. The van der Waals surface area contributed by atoms with Crippen LogP contribution in [0.2, 0.25) is 0 Å². The van der Waals surface area contributed by atoms with E-state index in [9.17, 15) is 4.79 Å². The lowest BCUT2D eigenvalue weighted by Gasteiger charge is -2.37. The smallest absolute Gasteiger partial charge is 0.317 e. The Morgan fingerprint density at radius 3 is 2.93 bits per heavy atom. The minimum Gasteiger partial charge on any atom is -0.338 e. The number of fused-ring (bicyclic) bond motifs is 1. The normalized spacial score (nSPS) is 31.4. The van der Waals surface area contributed by atoms with Crippen LogP contribution in [0, 0.1) is 5.92 Å². The fraction of sp³-hybridized carbons (Fsp3) is 0.909. The highest BCUT2D eigenvalue weighted by Crippen LogP contribution is 2.36. The maximum Gasteiger partial charge on any atom is 0.317 e. The first-order chi connectivity index (χ1) is 6.83. The quantitative estimate of drug-likeness (QED) is 0.683. The van der Waals surface area contributed by atoms with Crippen molar-refractivity contribution in [3.8, 4) is 0 Å². The van der Waals surface area contributed by atoms with Gasteiger partial charge in [0.25, 0.3) is 0 Å². The van der Waals surface area contributed by atoms with E-state index in [0.29, 0.717) is 6.04 Å². The van der Waals surface area contributed by atoms with E-state index >= 15 is 0 Å². The highest BCUT2D eigenvalue weighted by Gasteiger charge is 2.36. The maximum atomic E-state index is 11.8. The Hall–Kier alpha value is -0.730. The van der Waals surface area contributed by atoms with Gasteiger partial charge in [-0.3, -0.25) is 0 Å². The van der Waals surface area contributed by atoms with Crippen LogP contribution < -0.4 is 5.32 Å². The van der Waals surface area contributed by atoms with E-state index in [-0.39, 0.29) is 6.03 Å². The largest absolute Gasteiger partial charge is 0.338 e. The van der Waals surface area contributed by atoms with Gasteiger partial charge in [0.2, 0.25) is 0 Å². The van der Waals surface area contributed by atoms with E-state index in [1.54, 1.807) is 0 Å². The van der Waals surface area contributed by atoms with E-state index in [4.69, 9.17) is 0 Å². The molecule has 1 saturated heterocycles. The molecule has 80 valence electrons. The molecule has 1 saturated carbocycles. The Kier molecular flexibility index (Phi) is 2.94. The molecule has 3 heteroatoms. The molecular weight excluding hydrogens is 176 g/mol. The maximum absolute atomic E-state index is 11.8. The standard InChI is InChI=1S/C11H20N2O/c1-2-12-11(14)13-8-4-6-9-5-3-7-10(9)13/h9-10H,2-8H2,1H3,(H,12,14). The molecule has 1 aliphatic carbocycles. The molecule has 0 spiro atoms. The Labute approximate surface area is 85.8 Å². The van der Waals surface area contributed by atoms with Crippen molar-refractivity contribution in [2.24, 2.45) is 5.92 Å². The van der Waals surface area contributed by atoms with Crippen molar-refractivity contribution in [3.63, 3.8) is 0 Å². The van der Waals surface area contributed by atoms with Crippen molar-refractivity contribution in [1.82, 2.24) is 10.2 Å². The lowest BCUT2D eigenvalue weighted by Crippen LogP contribution is -2.50. The second-order valence-electron chi connectivity index (χ2n) is 4.43. The molecule has 1 aliphatic heterocycles. The topological polar surface area (TPSA) is 32.3 Å². The van der Waals surface area contributed by atoms with Crippen LogP contribution in [-0.4, -0.2) is 30.1 Å². The Bertz CT molecular complexity index is 217. The van der Waals surface area contributed by atoms with Gasteiger partial charge in [-0.2, -0.15) is 0 Å². The third-order valence-corrected chi connectivity index (χ3v) is 3.58.